The van der Waals surface area contributed by atoms with Crippen LogP contribution < -0.4 is 9.64 Å². The fraction of sp³-hybridized carbons (Fsp3) is 0.231. The standard InChI is InChI=1S/C13H15N3O/c1-16(2)13-14-8-11(9-15-13)10-4-6-12(17-3)7-5-10/h4-9H,1-3H3. The van der Waals surface area contributed by atoms with Crippen molar-refractivity contribution in [2.24, 2.45) is 0 Å². The van der Waals surface area contributed by atoms with Gasteiger partial charge < -0.3 is 9.64 Å². The van der Waals surface area contributed by atoms with Crippen LogP contribution in [-0.4, -0.2) is 31.2 Å². The summed E-state index contributed by atoms with van der Waals surface area (Å²) in [6.07, 6.45) is 3.65. The molecule has 0 bridgehead atoms. The minimum Gasteiger partial charge on any atom is -0.497 e. The van der Waals surface area contributed by atoms with Crippen molar-refractivity contribution in [1.82, 2.24) is 9.97 Å². The summed E-state index contributed by atoms with van der Waals surface area (Å²) in [5.41, 5.74) is 2.08. The van der Waals surface area contributed by atoms with Crippen molar-refractivity contribution in [1.29, 1.82) is 0 Å². The monoisotopic (exact) mass is 229 g/mol. The lowest BCUT2D eigenvalue weighted by Crippen LogP contribution is -2.12. The van der Waals surface area contributed by atoms with E-state index in [1.54, 1.807) is 7.11 Å². The van der Waals surface area contributed by atoms with Crippen LogP contribution in [0.25, 0.3) is 11.1 Å². The van der Waals surface area contributed by atoms with Crippen LogP contribution in [0.1, 0.15) is 0 Å². The van der Waals surface area contributed by atoms with Crippen LogP contribution in [-0.2, 0) is 0 Å². The van der Waals surface area contributed by atoms with Gasteiger partial charge in [0.1, 0.15) is 5.75 Å². The SMILES string of the molecule is COc1ccc(-c2cnc(N(C)C)nc2)cc1. The molecule has 0 saturated carbocycles. The molecule has 0 atom stereocenters. The molecule has 0 spiro atoms. The Labute approximate surface area is 101 Å². The minimum atomic E-state index is 0.710. The molecule has 0 unspecified atom stereocenters. The van der Waals surface area contributed by atoms with E-state index in [4.69, 9.17) is 4.74 Å². The van der Waals surface area contributed by atoms with Gasteiger partial charge >= 0.3 is 0 Å². The zero-order valence-corrected chi connectivity index (χ0v) is 10.2. The summed E-state index contributed by atoms with van der Waals surface area (Å²) in [5, 5.41) is 0. The normalized spacial score (nSPS) is 10.1. The van der Waals surface area contributed by atoms with Gasteiger partial charge in [-0.1, -0.05) is 12.1 Å². The molecule has 0 aliphatic heterocycles. The molecule has 1 heterocycles. The fourth-order valence-corrected chi connectivity index (χ4v) is 1.48. The van der Waals surface area contributed by atoms with E-state index in [0.29, 0.717) is 5.95 Å². The molecule has 0 saturated heterocycles. The first-order valence-corrected chi connectivity index (χ1v) is 5.34. The Morgan fingerprint density at radius 2 is 1.53 bits per heavy atom. The number of hydrogen-bond donors (Lipinski definition) is 0. The molecule has 1 aromatic heterocycles. The smallest absolute Gasteiger partial charge is 0.224 e. The Morgan fingerprint density at radius 1 is 0.941 bits per heavy atom. The van der Waals surface area contributed by atoms with Crippen LogP contribution in [0.4, 0.5) is 5.95 Å². The lowest BCUT2D eigenvalue weighted by Gasteiger charge is -2.09. The van der Waals surface area contributed by atoms with Crippen molar-refractivity contribution < 1.29 is 4.74 Å². The highest BCUT2D eigenvalue weighted by atomic mass is 16.5. The quantitative estimate of drug-likeness (QED) is 0.809. The maximum absolute atomic E-state index is 5.12. The molecule has 2 rings (SSSR count). The summed E-state index contributed by atoms with van der Waals surface area (Å²) in [5.74, 6) is 1.56. The predicted molar refractivity (Wildman–Crippen MR) is 68.3 cm³/mol. The molecule has 0 aliphatic carbocycles. The van der Waals surface area contributed by atoms with E-state index in [9.17, 15) is 0 Å². The summed E-state index contributed by atoms with van der Waals surface area (Å²) in [4.78, 5) is 10.4. The van der Waals surface area contributed by atoms with Crippen molar-refractivity contribution in [2.75, 3.05) is 26.1 Å². The number of nitrogens with zero attached hydrogens (tertiary/aromatic N) is 3. The van der Waals surface area contributed by atoms with Gasteiger partial charge in [-0.05, 0) is 17.7 Å². The first-order valence-electron chi connectivity index (χ1n) is 5.34. The van der Waals surface area contributed by atoms with E-state index < -0.39 is 0 Å². The Balaban J connectivity index is 2.26. The molecule has 17 heavy (non-hydrogen) atoms. The van der Waals surface area contributed by atoms with Crippen molar-refractivity contribution >= 4 is 5.95 Å². The minimum absolute atomic E-state index is 0.710. The lowest BCUT2D eigenvalue weighted by atomic mass is 10.1. The molecule has 1 aromatic carbocycles. The predicted octanol–water partition coefficient (Wildman–Crippen LogP) is 2.22. The Morgan fingerprint density at radius 3 is 2.00 bits per heavy atom. The van der Waals surface area contributed by atoms with Gasteiger partial charge in [0, 0.05) is 32.1 Å². The van der Waals surface area contributed by atoms with Crippen LogP contribution in [0.15, 0.2) is 36.7 Å². The van der Waals surface area contributed by atoms with E-state index in [2.05, 4.69) is 9.97 Å². The fourth-order valence-electron chi connectivity index (χ4n) is 1.48. The largest absolute Gasteiger partial charge is 0.497 e. The van der Waals surface area contributed by atoms with E-state index in [1.165, 1.54) is 0 Å². The summed E-state index contributed by atoms with van der Waals surface area (Å²) in [7, 11) is 5.49. The van der Waals surface area contributed by atoms with Crippen LogP contribution in [0, 0.1) is 0 Å². The Kier molecular flexibility index (Phi) is 3.23. The summed E-state index contributed by atoms with van der Waals surface area (Å²) < 4.78 is 5.12. The summed E-state index contributed by atoms with van der Waals surface area (Å²) in [6, 6.07) is 7.84. The van der Waals surface area contributed by atoms with E-state index in [1.807, 2.05) is 55.7 Å². The van der Waals surface area contributed by atoms with E-state index >= 15 is 0 Å². The first-order chi connectivity index (χ1) is 8.20. The molecule has 2 aromatic rings. The third-order valence-electron chi connectivity index (χ3n) is 2.46. The van der Waals surface area contributed by atoms with Gasteiger partial charge in [0.25, 0.3) is 0 Å². The highest BCUT2D eigenvalue weighted by molar-refractivity contribution is 5.62. The molecule has 0 aliphatic rings. The number of ether oxygens (including phenoxy) is 1. The van der Waals surface area contributed by atoms with Gasteiger partial charge in [-0.15, -0.1) is 0 Å². The molecular weight excluding hydrogens is 214 g/mol. The van der Waals surface area contributed by atoms with Gasteiger partial charge in [-0.3, -0.25) is 0 Å². The van der Waals surface area contributed by atoms with Crippen molar-refractivity contribution in [2.45, 2.75) is 0 Å². The molecule has 0 fully saturated rings. The third kappa shape index (κ3) is 2.53. The van der Waals surface area contributed by atoms with Gasteiger partial charge in [-0.2, -0.15) is 0 Å². The van der Waals surface area contributed by atoms with Crippen LogP contribution in [0.2, 0.25) is 0 Å². The second kappa shape index (κ2) is 4.82. The first kappa shape index (κ1) is 11.4. The second-order valence-corrected chi connectivity index (χ2v) is 3.89. The lowest BCUT2D eigenvalue weighted by molar-refractivity contribution is 0.415. The van der Waals surface area contributed by atoms with Crippen molar-refractivity contribution in [3.8, 4) is 16.9 Å². The Bertz CT molecular complexity index is 477. The summed E-state index contributed by atoms with van der Waals surface area (Å²) >= 11 is 0. The van der Waals surface area contributed by atoms with Gasteiger partial charge in [0.2, 0.25) is 5.95 Å². The molecule has 4 nitrogen and oxygen atoms in total. The van der Waals surface area contributed by atoms with Gasteiger partial charge in [0.15, 0.2) is 0 Å². The topological polar surface area (TPSA) is 38.2 Å². The third-order valence-corrected chi connectivity index (χ3v) is 2.46. The zero-order chi connectivity index (χ0) is 12.3. The van der Waals surface area contributed by atoms with Crippen LogP contribution >= 0.6 is 0 Å². The molecule has 0 amide bonds. The molecule has 4 heteroatoms. The highest BCUT2D eigenvalue weighted by Gasteiger charge is 2.02. The average Bonchev–Trinajstić information content (AvgIpc) is 2.39. The van der Waals surface area contributed by atoms with Gasteiger partial charge in [-0.25, -0.2) is 9.97 Å². The number of benzene rings is 1. The Hall–Kier alpha value is -2.10. The molecular formula is C13H15N3O. The van der Waals surface area contributed by atoms with Crippen molar-refractivity contribution in [3.63, 3.8) is 0 Å². The zero-order valence-electron chi connectivity index (χ0n) is 10.2. The van der Waals surface area contributed by atoms with Crippen LogP contribution in [0.3, 0.4) is 0 Å². The molecule has 0 N–H and O–H groups in total. The van der Waals surface area contributed by atoms with E-state index in [0.717, 1.165) is 16.9 Å². The number of aromatic nitrogens is 2. The number of rotatable bonds is 3. The highest BCUT2D eigenvalue weighted by Crippen LogP contribution is 2.21. The van der Waals surface area contributed by atoms with Crippen LogP contribution in [0.5, 0.6) is 5.75 Å². The van der Waals surface area contributed by atoms with Crippen molar-refractivity contribution in [3.05, 3.63) is 36.7 Å². The molecule has 0 radical (unpaired) electrons. The van der Waals surface area contributed by atoms with Gasteiger partial charge in [0.05, 0.1) is 7.11 Å². The van der Waals surface area contributed by atoms with E-state index in [-0.39, 0.29) is 0 Å². The number of hydrogen-bond acceptors (Lipinski definition) is 4. The average molecular weight is 229 g/mol. The summed E-state index contributed by atoms with van der Waals surface area (Å²) in [6.45, 7) is 0. The second-order valence-electron chi connectivity index (χ2n) is 3.89. The maximum atomic E-state index is 5.12. The maximum Gasteiger partial charge on any atom is 0.224 e. The number of methoxy groups -OCH3 is 1. The molecule has 88 valence electrons. The number of anilines is 1.